The molecule has 6 heteroatoms. The van der Waals surface area contributed by atoms with E-state index in [-0.39, 0.29) is 6.42 Å². The van der Waals surface area contributed by atoms with Crippen LogP contribution in [0.25, 0.3) is 0 Å². The molecule has 0 rings (SSSR count). The molecule has 6 nitrogen and oxygen atoms in total. The number of rotatable bonds is 6. The smallest absolute Gasteiger partial charge is 0.160 e. The zero-order valence-corrected chi connectivity index (χ0v) is 6.46. The van der Waals surface area contributed by atoms with Crippen LogP contribution in [0.4, 0.5) is 0 Å². The summed E-state index contributed by atoms with van der Waals surface area (Å²) < 4.78 is 0. The normalized spacial score (nSPS) is 18.3. The standard InChI is InChI=1S/C6H13NO5/c7-12-6(3-9)5(11)1-4(10)2-8/h3-6,8,10-11H,1-2,7H2/t4-,5+,6+/m1/s1. The van der Waals surface area contributed by atoms with Crippen molar-refractivity contribution in [2.45, 2.75) is 24.7 Å². The van der Waals surface area contributed by atoms with E-state index in [9.17, 15) is 4.79 Å². The van der Waals surface area contributed by atoms with Gasteiger partial charge in [0.25, 0.3) is 0 Å². The Morgan fingerprint density at radius 3 is 2.42 bits per heavy atom. The van der Waals surface area contributed by atoms with Gasteiger partial charge in [0.05, 0.1) is 18.8 Å². The molecule has 0 heterocycles. The lowest BCUT2D eigenvalue weighted by molar-refractivity contribution is -0.128. The molecule has 0 spiro atoms. The van der Waals surface area contributed by atoms with Gasteiger partial charge in [0.1, 0.15) is 0 Å². The van der Waals surface area contributed by atoms with Crippen LogP contribution >= 0.6 is 0 Å². The molecule has 0 saturated carbocycles. The number of aldehydes is 1. The van der Waals surface area contributed by atoms with Crippen molar-refractivity contribution in [1.82, 2.24) is 0 Å². The van der Waals surface area contributed by atoms with Crippen molar-refractivity contribution in [2.24, 2.45) is 5.90 Å². The molecule has 0 aliphatic rings. The van der Waals surface area contributed by atoms with E-state index in [1.165, 1.54) is 0 Å². The quantitative estimate of drug-likeness (QED) is 0.266. The Kier molecular flexibility index (Phi) is 5.77. The molecule has 0 radical (unpaired) electrons. The fourth-order valence-corrected chi connectivity index (χ4v) is 0.701. The summed E-state index contributed by atoms with van der Waals surface area (Å²) in [5, 5.41) is 26.3. The Hall–Kier alpha value is -0.530. The molecule has 5 N–H and O–H groups in total. The lowest BCUT2D eigenvalue weighted by Crippen LogP contribution is -2.36. The van der Waals surface area contributed by atoms with Crippen LogP contribution in [0.1, 0.15) is 6.42 Å². The molecule has 0 saturated heterocycles. The minimum atomic E-state index is -1.20. The molecular formula is C6H13NO5. The highest BCUT2D eigenvalue weighted by Gasteiger charge is 2.21. The first-order valence-corrected chi connectivity index (χ1v) is 3.43. The monoisotopic (exact) mass is 179 g/mol. The maximum atomic E-state index is 10.1. The molecule has 0 amide bonds. The van der Waals surface area contributed by atoms with E-state index in [0.717, 1.165) is 0 Å². The van der Waals surface area contributed by atoms with Crippen molar-refractivity contribution in [2.75, 3.05) is 6.61 Å². The van der Waals surface area contributed by atoms with Crippen LogP contribution in [0.2, 0.25) is 0 Å². The number of aliphatic hydroxyl groups excluding tert-OH is 3. The van der Waals surface area contributed by atoms with Crippen LogP contribution in [-0.4, -0.2) is 46.5 Å². The van der Waals surface area contributed by atoms with Crippen molar-refractivity contribution in [3.63, 3.8) is 0 Å². The largest absolute Gasteiger partial charge is 0.394 e. The molecular weight excluding hydrogens is 166 g/mol. The first-order chi connectivity index (χ1) is 5.65. The van der Waals surface area contributed by atoms with Crippen molar-refractivity contribution < 1.29 is 25.0 Å². The number of carbonyl (C=O) groups excluding carboxylic acids is 1. The van der Waals surface area contributed by atoms with Gasteiger partial charge in [-0.05, 0) is 0 Å². The summed E-state index contributed by atoms with van der Waals surface area (Å²) >= 11 is 0. The van der Waals surface area contributed by atoms with Gasteiger partial charge < -0.3 is 20.1 Å². The van der Waals surface area contributed by atoms with Crippen LogP contribution in [0, 0.1) is 0 Å². The second-order valence-corrected chi connectivity index (χ2v) is 2.38. The molecule has 0 aromatic heterocycles. The van der Waals surface area contributed by atoms with E-state index in [0.29, 0.717) is 6.29 Å². The first kappa shape index (κ1) is 11.5. The Balaban J connectivity index is 3.82. The third-order valence-corrected chi connectivity index (χ3v) is 1.39. The molecule has 0 bridgehead atoms. The lowest BCUT2D eigenvalue weighted by Gasteiger charge is -2.17. The fourth-order valence-electron chi connectivity index (χ4n) is 0.701. The van der Waals surface area contributed by atoms with Gasteiger partial charge in [-0.2, -0.15) is 0 Å². The van der Waals surface area contributed by atoms with E-state index in [1.54, 1.807) is 0 Å². The fraction of sp³-hybridized carbons (Fsp3) is 0.833. The second-order valence-electron chi connectivity index (χ2n) is 2.38. The predicted octanol–water partition coefficient (Wildman–Crippen LogP) is -2.45. The highest BCUT2D eigenvalue weighted by molar-refractivity contribution is 5.56. The Bertz CT molecular complexity index is 131. The highest BCUT2D eigenvalue weighted by Crippen LogP contribution is 2.03. The van der Waals surface area contributed by atoms with Crippen LogP contribution in [0.15, 0.2) is 0 Å². The summed E-state index contributed by atoms with van der Waals surface area (Å²) in [6, 6.07) is 0. The van der Waals surface area contributed by atoms with E-state index in [1.807, 2.05) is 0 Å². The van der Waals surface area contributed by atoms with Gasteiger partial charge in [0, 0.05) is 6.42 Å². The molecule has 0 aromatic rings. The van der Waals surface area contributed by atoms with Gasteiger partial charge in [0.15, 0.2) is 12.4 Å². The van der Waals surface area contributed by atoms with Crippen molar-refractivity contribution in [1.29, 1.82) is 0 Å². The molecule has 0 aliphatic heterocycles. The second kappa shape index (κ2) is 6.04. The van der Waals surface area contributed by atoms with E-state index < -0.39 is 24.9 Å². The third kappa shape index (κ3) is 3.74. The van der Waals surface area contributed by atoms with Crippen molar-refractivity contribution >= 4 is 6.29 Å². The molecule has 3 atom stereocenters. The van der Waals surface area contributed by atoms with E-state index in [4.69, 9.17) is 15.3 Å². The minimum Gasteiger partial charge on any atom is -0.394 e. The number of nitrogens with two attached hydrogens (primary N) is 1. The molecule has 0 fully saturated rings. The lowest BCUT2D eigenvalue weighted by atomic mass is 10.1. The average molecular weight is 179 g/mol. The zero-order chi connectivity index (χ0) is 9.56. The maximum absolute atomic E-state index is 10.1. The number of carbonyl (C=O) groups is 1. The molecule has 0 aromatic carbocycles. The van der Waals surface area contributed by atoms with Crippen molar-refractivity contribution in [3.05, 3.63) is 0 Å². The van der Waals surface area contributed by atoms with Gasteiger partial charge >= 0.3 is 0 Å². The predicted molar refractivity (Wildman–Crippen MR) is 38.8 cm³/mol. The van der Waals surface area contributed by atoms with E-state index in [2.05, 4.69) is 10.7 Å². The SMILES string of the molecule is NO[C@@H](C=O)[C@@H](O)C[C@@H](O)CO. The van der Waals surface area contributed by atoms with Crippen LogP contribution < -0.4 is 5.90 Å². The Labute approximate surface area is 69.5 Å². The Morgan fingerprint density at radius 2 is 2.08 bits per heavy atom. The number of hydrogen-bond donors (Lipinski definition) is 4. The highest BCUT2D eigenvalue weighted by atomic mass is 16.6. The summed E-state index contributed by atoms with van der Waals surface area (Å²) in [4.78, 5) is 14.2. The topological polar surface area (TPSA) is 113 Å². The van der Waals surface area contributed by atoms with Crippen molar-refractivity contribution in [3.8, 4) is 0 Å². The minimum absolute atomic E-state index is 0.156. The summed E-state index contributed by atoms with van der Waals surface area (Å²) in [7, 11) is 0. The summed E-state index contributed by atoms with van der Waals surface area (Å²) in [5.41, 5.74) is 0. The third-order valence-electron chi connectivity index (χ3n) is 1.39. The molecule has 0 aliphatic carbocycles. The van der Waals surface area contributed by atoms with Crippen LogP contribution in [0.3, 0.4) is 0 Å². The van der Waals surface area contributed by atoms with Gasteiger partial charge in [-0.15, -0.1) is 0 Å². The Morgan fingerprint density at radius 1 is 1.50 bits per heavy atom. The first-order valence-electron chi connectivity index (χ1n) is 3.43. The van der Waals surface area contributed by atoms with Gasteiger partial charge in [-0.25, -0.2) is 5.90 Å². The number of hydrogen-bond acceptors (Lipinski definition) is 6. The summed E-state index contributed by atoms with van der Waals surface area (Å²) in [6.45, 7) is -0.479. The van der Waals surface area contributed by atoms with Crippen LogP contribution in [-0.2, 0) is 9.63 Å². The number of aliphatic hydroxyl groups is 3. The maximum Gasteiger partial charge on any atom is 0.160 e. The average Bonchev–Trinajstić information content (AvgIpc) is 2.06. The van der Waals surface area contributed by atoms with Gasteiger partial charge in [0.2, 0.25) is 0 Å². The van der Waals surface area contributed by atoms with E-state index >= 15 is 0 Å². The molecule has 0 unspecified atom stereocenters. The molecule has 12 heavy (non-hydrogen) atoms. The van der Waals surface area contributed by atoms with Gasteiger partial charge in [-0.1, -0.05) is 0 Å². The summed E-state index contributed by atoms with van der Waals surface area (Å²) in [5.74, 6) is 4.67. The molecule has 72 valence electrons. The zero-order valence-electron chi connectivity index (χ0n) is 6.46. The van der Waals surface area contributed by atoms with Crippen LogP contribution in [0.5, 0.6) is 0 Å². The summed E-state index contributed by atoms with van der Waals surface area (Å²) in [6.07, 6.45) is -3.26. The van der Waals surface area contributed by atoms with Gasteiger partial charge in [-0.3, -0.25) is 4.84 Å².